The first-order valence-electron chi connectivity index (χ1n) is 7.72. The number of carbonyl (C=O) groups excluding carboxylic acids is 1. The lowest BCUT2D eigenvalue weighted by Crippen LogP contribution is -2.49. The lowest BCUT2D eigenvalue weighted by atomic mass is 9.90. The largest absolute Gasteiger partial charge is 0.481 e. The van der Waals surface area contributed by atoms with Crippen molar-refractivity contribution in [1.29, 1.82) is 0 Å². The topological polar surface area (TPSA) is 76.1 Å². The summed E-state index contributed by atoms with van der Waals surface area (Å²) in [6.07, 6.45) is 2.19. The van der Waals surface area contributed by atoms with E-state index in [-0.39, 0.29) is 24.5 Å². The molecule has 2 heterocycles. The summed E-state index contributed by atoms with van der Waals surface area (Å²) in [4.78, 5) is 25.2. The summed E-state index contributed by atoms with van der Waals surface area (Å²) in [6.45, 7) is 5.79. The number of rotatable bonds is 5. The van der Waals surface area contributed by atoms with Crippen LogP contribution in [-0.2, 0) is 19.1 Å². The van der Waals surface area contributed by atoms with Crippen LogP contribution in [0.2, 0.25) is 0 Å². The van der Waals surface area contributed by atoms with Gasteiger partial charge in [0.15, 0.2) is 0 Å². The molecule has 0 spiro atoms. The SMILES string of the molecule is CC1CC(C(=O)O)CN(C(=O)C(C)OCC2CCCO2)C1. The molecule has 6 nitrogen and oxygen atoms in total. The molecule has 4 atom stereocenters. The molecule has 2 aliphatic rings. The Morgan fingerprint density at radius 2 is 2.19 bits per heavy atom. The molecule has 1 N–H and O–H groups in total. The van der Waals surface area contributed by atoms with Crippen LogP contribution in [0.15, 0.2) is 0 Å². The number of nitrogens with zero attached hydrogens (tertiary/aromatic N) is 1. The zero-order chi connectivity index (χ0) is 15.4. The molecule has 0 radical (unpaired) electrons. The molecule has 2 aliphatic heterocycles. The normalized spacial score (nSPS) is 31.1. The molecule has 21 heavy (non-hydrogen) atoms. The third-order valence-electron chi connectivity index (χ3n) is 4.22. The molecule has 0 saturated carbocycles. The van der Waals surface area contributed by atoms with Crippen LogP contribution in [0.5, 0.6) is 0 Å². The minimum Gasteiger partial charge on any atom is -0.481 e. The van der Waals surface area contributed by atoms with Crippen LogP contribution in [0.1, 0.15) is 33.1 Å². The van der Waals surface area contributed by atoms with Gasteiger partial charge in [-0.05, 0) is 32.1 Å². The quantitative estimate of drug-likeness (QED) is 0.824. The number of carbonyl (C=O) groups is 2. The first-order valence-corrected chi connectivity index (χ1v) is 7.72. The van der Waals surface area contributed by atoms with E-state index in [2.05, 4.69) is 0 Å². The molecule has 0 aliphatic carbocycles. The standard InChI is InChI=1S/C15H25NO5/c1-10-6-12(15(18)19)8-16(7-10)14(17)11(2)21-9-13-4-3-5-20-13/h10-13H,3-9H2,1-2H3,(H,18,19). The second kappa shape index (κ2) is 7.22. The van der Waals surface area contributed by atoms with Crippen molar-refractivity contribution in [3.63, 3.8) is 0 Å². The Morgan fingerprint density at radius 3 is 2.81 bits per heavy atom. The third kappa shape index (κ3) is 4.41. The van der Waals surface area contributed by atoms with Crippen molar-refractivity contribution in [3.05, 3.63) is 0 Å². The summed E-state index contributed by atoms with van der Waals surface area (Å²) < 4.78 is 11.1. The number of piperidine rings is 1. The van der Waals surface area contributed by atoms with E-state index in [0.717, 1.165) is 19.4 Å². The van der Waals surface area contributed by atoms with Crippen molar-refractivity contribution in [2.24, 2.45) is 11.8 Å². The van der Waals surface area contributed by atoms with Gasteiger partial charge >= 0.3 is 5.97 Å². The molecule has 120 valence electrons. The number of amides is 1. The molecule has 2 fully saturated rings. The maximum atomic E-state index is 12.4. The molecule has 4 unspecified atom stereocenters. The van der Waals surface area contributed by atoms with E-state index in [1.54, 1.807) is 11.8 Å². The van der Waals surface area contributed by atoms with Crippen molar-refractivity contribution < 1.29 is 24.2 Å². The Balaban J connectivity index is 1.83. The highest BCUT2D eigenvalue weighted by Crippen LogP contribution is 2.23. The average Bonchev–Trinajstić information content (AvgIpc) is 2.96. The summed E-state index contributed by atoms with van der Waals surface area (Å²) in [5, 5.41) is 9.16. The Morgan fingerprint density at radius 1 is 1.43 bits per heavy atom. The highest BCUT2D eigenvalue weighted by molar-refractivity contribution is 5.81. The van der Waals surface area contributed by atoms with Crippen LogP contribution in [0.25, 0.3) is 0 Å². The lowest BCUT2D eigenvalue weighted by Gasteiger charge is -2.36. The summed E-state index contributed by atoms with van der Waals surface area (Å²) in [5.41, 5.74) is 0. The predicted octanol–water partition coefficient (Wildman–Crippen LogP) is 1.14. The van der Waals surface area contributed by atoms with Gasteiger partial charge in [0.25, 0.3) is 5.91 Å². The Kier molecular flexibility index (Phi) is 5.58. The number of hydrogen-bond donors (Lipinski definition) is 1. The van der Waals surface area contributed by atoms with Gasteiger partial charge in [-0.1, -0.05) is 6.92 Å². The molecule has 2 saturated heterocycles. The van der Waals surface area contributed by atoms with Crippen LogP contribution >= 0.6 is 0 Å². The Hall–Kier alpha value is -1.14. The van der Waals surface area contributed by atoms with Gasteiger partial charge < -0.3 is 19.5 Å². The Bertz CT molecular complexity index is 380. The summed E-state index contributed by atoms with van der Waals surface area (Å²) in [6, 6.07) is 0. The number of hydrogen-bond acceptors (Lipinski definition) is 4. The van der Waals surface area contributed by atoms with Crippen molar-refractivity contribution in [2.45, 2.75) is 45.3 Å². The zero-order valence-corrected chi connectivity index (χ0v) is 12.8. The van der Waals surface area contributed by atoms with Crippen molar-refractivity contribution in [1.82, 2.24) is 4.90 Å². The van der Waals surface area contributed by atoms with Gasteiger partial charge in [-0.2, -0.15) is 0 Å². The predicted molar refractivity (Wildman–Crippen MR) is 75.9 cm³/mol. The number of ether oxygens (including phenoxy) is 2. The molecule has 0 aromatic rings. The van der Waals surface area contributed by atoms with Gasteiger partial charge in [0.1, 0.15) is 6.10 Å². The number of carboxylic acid groups (broad SMARTS) is 1. The fourth-order valence-corrected chi connectivity index (χ4v) is 3.07. The van der Waals surface area contributed by atoms with Gasteiger partial charge in [0.2, 0.25) is 0 Å². The molecule has 0 aromatic carbocycles. The molecule has 2 rings (SSSR count). The fraction of sp³-hybridized carbons (Fsp3) is 0.867. The van der Waals surface area contributed by atoms with Crippen molar-refractivity contribution >= 4 is 11.9 Å². The second-order valence-corrected chi connectivity index (χ2v) is 6.23. The van der Waals surface area contributed by atoms with Crippen LogP contribution in [0, 0.1) is 11.8 Å². The maximum Gasteiger partial charge on any atom is 0.308 e. The molecule has 6 heteroatoms. The van der Waals surface area contributed by atoms with Gasteiger partial charge in [-0.3, -0.25) is 9.59 Å². The fourth-order valence-electron chi connectivity index (χ4n) is 3.07. The van der Waals surface area contributed by atoms with Gasteiger partial charge in [-0.15, -0.1) is 0 Å². The molecule has 0 aromatic heterocycles. The molecule has 1 amide bonds. The van der Waals surface area contributed by atoms with E-state index in [4.69, 9.17) is 14.6 Å². The third-order valence-corrected chi connectivity index (χ3v) is 4.22. The summed E-state index contributed by atoms with van der Waals surface area (Å²) in [7, 11) is 0. The molecular weight excluding hydrogens is 274 g/mol. The average molecular weight is 299 g/mol. The molecular formula is C15H25NO5. The number of carboxylic acids is 1. The number of likely N-dealkylation sites (tertiary alicyclic amines) is 1. The number of aliphatic carboxylic acids is 1. The zero-order valence-electron chi connectivity index (χ0n) is 12.8. The van der Waals surface area contributed by atoms with Crippen molar-refractivity contribution in [2.75, 3.05) is 26.3 Å². The molecule has 0 bridgehead atoms. The second-order valence-electron chi connectivity index (χ2n) is 6.23. The van der Waals surface area contributed by atoms with Crippen LogP contribution in [0.3, 0.4) is 0 Å². The summed E-state index contributed by atoms with van der Waals surface area (Å²) in [5.74, 6) is -1.21. The van der Waals surface area contributed by atoms with Crippen LogP contribution < -0.4 is 0 Å². The maximum absolute atomic E-state index is 12.4. The van der Waals surface area contributed by atoms with Crippen molar-refractivity contribution in [3.8, 4) is 0 Å². The van der Waals surface area contributed by atoms with Gasteiger partial charge in [0.05, 0.1) is 18.6 Å². The Labute approximate surface area is 125 Å². The first-order chi connectivity index (χ1) is 9.97. The van der Waals surface area contributed by atoms with Gasteiger partial charge in [0, 0.05) is 19.7 Å². The first kappa shape index (κ1) is 16.2. The monoisotopic (exact) mass is 299 g/mol. The van der Waals surface area contributed by atoms with Crippen LogP contribution in [0.4, 0.5) is 0 Å². The highest BCUT2D eigenvalue weighted by atomic mass is 16.5. The van der Waals surface area contributed by atoms with Crippen LogP contribution in [-0.4, -0.2) is 60.4 Å². The van der Waals surface area contributed by atoms with E-state index in [1.165, 1.54) is 0 Å². The lowest BCUT2D eigenvalue weighted by molar-refractivity contribution is -0.152. The van der Waals surface area contributed by atoms with E-state index in [0.29, 0.717) is 19.6 Å². The smallest absolute Gasteiger partial charge is 0.308 e. The van der Waals surface area contributed by atoms with E-state index >= 15 is 0 Å². The minimum atomic E-state index is -0.827. The van der Waals surface area contributed by atoms with E-state index < -0.39 is 18.0 Å². The van der Waals surface area contributed by atoms with E-state index in [1.807, 2.05) is 6.92 Å². The van der Waals surface area contributed by atoms with E-state index in [9.17, 15) is 9.59 Å². The summed E-state index contributed by atoms with van der Waals surface area (Å²) >= 11 is 0. The van der Waals surface area contributed by atoms with Gasteiger partial charge in [-0.25, -0.2) is 0 Å². The minimum absolute atomic E-state index is 0.0901. The highest BCUT2D eigenvalue weighted by Gasteiger charge is 2.34.